The molecular formula is C43H68N4O4S. The molecule has 6 fully saturated rings. The summed E-state index contributed by atoms with van der Waals surface area (Å²) in [4.78, 5) is 23.3. The molecule has 290 valence electrons. The molecule has 3 heterocycles. The molecule has 1 aromatic heterocycles. The molecule has 0 spiro atoms. The summed E-state index contributed by atoms with van der Waals surface area (Å²) in [6.07, 6.45) is 14.5. The maximum atomic E-state index is 11.9. The van der Waals surface area contributed by atoms with E-state index in [1.807, 2.05) is 6.07 Å². The van der Waals surface area contributed by atoms with Crippen LogP contribution < -0.4 is 4.90 Å². The topological polar surface area (TPSA) is 94.1 Å². The third kappa shape index (κ3) is 6.09. The molecule has 0 radical (unpaired) electrons. The number of sulfone groups is 1. The molecule has 0 aromatic carbocycles. The summed E-state index contributed by atoms with van der Waals surface area (Å²) in [6, 6.07) is 3.63. The van der Waals surface area contributed by atoms with Gasteiger partial charge < -0.3 is 19.8 Å². The van der Waals surface area contributed by atoms with Crippen molar-refractivity contribution in [2.24, 2.45) is 51.2 Å². The van der Waals surface area contributed by atoms with Gasteiger partial charge >= 0.3 is 5.97 Å². The molecule has 0 unspecified atom stereocenters. The predicted octanol–water partition coefficient (Wildman–Crippen LogP) is 7.66. The van der Waals surface area contributed by atoms with E-state index in [0.29, 0.717) is 64.5 Å². The summed E-state index contributed by atoms with van der Waals surface area (Å²) in [5.41, 5.74) is 3.72. The molecule has 9 atom stereocenters. The lowest BCUT2D eigenvalue weighted by molar-refractivity contribution is -0.229. The number of carbonyl (C=O) groups is 1. The van der Waals surface area contributed by atoms with E-state index >= 15 is 0 Å². The van der Waals surface area contributed by atoms with Crippen LogP contribution >= 0.6 is 0 Å². The number of pyridine rings is 1. The third-order valence-corrected chi connectivity index (χ3v) is 18.9. The van der Waals surface area contributed by atoms with Crippen LogP contribution in [0.1, 0.15) is 116 Å². The Morgan fingerprint density at radius 1 is 0.942 bits per heavy atom. The van der Waals surface area contributed by atoms with Crippen LogP contribution in [0.5, 0.6) is 0 Å². The van der Waals surface area contributed by atoms with Gasteiger partial charge in [-0.15, -0.1) is 0 Å². The first kappa shape index (κ1) is 38.3. The summed E-state index contributed by atoms with van der Waals surface area (Å²) >= 11 is 0. The van der Waals surface area contributed by atoms with Crippen molar-refractivity contribution < 1.29 is 18.3 Å². The quantitative estimate of drug-likeness (QED) is 0.259. The number of piperidine rings is 1. The van der Waals surface area contributed by atoms with Crippen LogP contribution in [0.2, 0.25) is 0 Å². The van der Waals surface area contributed by atoms with E-state index in [2.05, 4.69) is 74.9 Å². The van der Waals surface area contributed by atoms with Gasteiger partial charge in [0.2, 0.25) is 0 Å². The first-order chi connectivity index (χ1) is 24.4. The number of hydrogen-bond acceptors (Lipinski definition) is 7. The smallest absolute Gasteiger partial charge is 0.354 e. The molecule has 0 bridgehead atoms. The maximum absolute atomic E-state index is 11.9. The fourth-order valence-corrected chi connectivity index (χ4v) is 15.8. The van der Waals surface area contributed by atoms with Gasteiger partial charge in [0.25, 0.3) is 0 Å². The summed E-state index contributed by atoms with van der Waals surface area (Å²) in [6.45, 7) is 25.6. The lowest BCUT2D eigenvalue weighted by Gasteiger charge is -2.73. The van der Waals surface area contributed by atoms with E-state index in [0.717, 1.165) is 37.7 Å². The highest BCUT2D eigenvalue weighted by molar-refractivity contribution is 7.91. The molecule has 2 aliphatic heterocycles. The normalized spacial score (nSPS) is 41.1. The number of aromatic nitrogens is 1. The lowest BCUT2D eigenvalue weighted by Crippen LogP contribution is -2.70. The molecule has 6 aliphatic rings. The van der Waals surface area contributed by atoms with E-state index < -0.39 is 15.8 Å². The average molecular weight is 737 g/mol. The van der Waals surface area contributed by atoms with Gasteiger partial charge in [-0.05, 0) is 168 Å². The van der Waals surface area contributed by atoms with Gasteiger partial charge in [0.05, 0.1) is 23.4 Å². The van der Waals surface area contributed by atoms with Crippen LogP contribution in [0.3, 0.4) is 0 Å². The number of allylic oxidation sites excluding steroid dienone is 1. The highest BCUT2D eigenvalue weighted by atomic mass is 32.2. The average Bonchev–Trinajstić information content (AvgIpc) is 3.45. The highest BCUT2D eigenvalue weighted by Gasteiger charge is 2.70. The Balaban J connectivity index is 1.09. The molecule has 52 heavy (non-hydrogen) atoms. The van der Waals surface area contributed by atoms with Gasteiger partial charge in [-0.3, -0.25) is 0 Å². The predicted molar refractivity (Wildman–Crippen MR) is 210 cm³/mol. The minimum Gasteiger partial charge on any atom is -0.477 e. The Labute approximate surface area is 315 Å². The second kappa shape index (κ2) is 13.4. The monoisotopic (exact) mass is 736 g/mol. The van der Waals surface area contributed by atoms with Crippen molar-refractivity contribution in [3.05, 3.63) is 36.2 Å². The zero-order valence-electron chi connectivity index (χ0n) is 33.4. The van der Waals surface area contributed by atoms with E-state index in [4.69, 9.17) is 0 Å². The van der Waals surface area contributed by atoms with Crippen molar-refractivity contribution in [1.82, 2.24) is 14.8 Å². The largest absolute Gasteiger partial charge is 0.477 e. The van der Waals surface area contributed by atoms with Gasteiger partial charge in [0.15, 0.2) is 9.84 Å². The van der Waals surface area contributed by atoms with E-state index in [1.165, 1.54) is 69.9 Å². The summed E-state index contributed by atoms with van der Waals surface area (Å²) in [5.74, 6) is 2.94. The van der Waals surface area contributed by atoms with Crippen LogP contribution in [0, 0.1) is 51.2 Å². The van der Waals surface area contributed by atoms with E-state index in [-0.39, 0.29) is 16.6 Å². The number of hydrogen-bond donors (Lipinski definition) is 1. The fourth-order valence-electron chi connectivity index (χ4n) is 14.6. The van der Waals surface area contributed by atoms with E-state index in [9.17, 15) is 18.3 Å². The Bertz CT molecular complexity index is 1630. The molecular weight excluding hydrogens is 669 g/mol. The van der Waals surface area contributed by atoms with Crippen molar-refractivity contribution in [3.8, 4) is 0 Å². The molecule has 0 amide bonds. The summed E-state index contributed by atoms with van der Waals surface area (Å²) < 4.78 is 23.9. The second-order valence-corrected chi connectivity index (χ2v) is 22.2. The number of fused-ring (bicyclic) bond motifs is 7. The number of anilines is 1. The van der Waals surface area contributed by atoms with Gasteiger partial charge in [0.1, 0.15) is 5.69 Å². The SMILES string of the molecule is C=C(C)[C@@H]1CC[C@]2(CN(C)CCCN3CCS(=O)(=O)CC3)CC[C@]3(C)[C@H](CC[C@@H]4[C@@]5(C)CCN(c6ccc(C(=O)O)nc6)C(C)(C)[C@@H]5CC[C@]43C)[C@@H]12. The van der Waals surface area contributed by atoms with Gasteiger partial charge in [-0.1, -0.05) is 32.9 Å². The van der Waals surface area contributed by atoms with Crippen molar-refractivity contribution in [3.63, 3.8) is 0 Å². The highest BCUT2D eigenvalue weighted by Crippen LogP contribution is 2.77. The van der Waals surface area contributed by atoms with Crippen molar-refractivity contribution >= 4 is 21.5 Å². The number of nitrogens with zero attached hydrogens (tertiary/aromatic N) is 4. The minimum absolute atomic E-state index is 0.0486. The standard InChI is InChI=1S/C43H68N4O4S/c1-30(2)32-14-17-43(29-45(8)21-9-22-46-24-26-52(50,51)27-25-46)19-18-41(6)33(37(32)43)11-13-36-40(5)20-23-47(31-10-12-34(38(48)49)44-28-31)39(3,4)35(40)15-16-42(36,41)7/h10,12,28,32-33,35-37H,1,9,11,13-27,29H2,2-8H3,(H,48,49)/t32-,33+,35-,36+,37+,40-,41+,42+,43+/m0/s1. The first-order valence-electron chi connectivity index (χ1n) is 20.6. The van der Waals surface area contributed by atoms with Crippen LogP contribution in [0.15, 0.2) is 30.5 Å². The molecule has 1 aromatic rings. The Morgan fingerprint density at radius 2 is 1.67 bits per heavy atom. The van der Waals surface area contributed by atoms with Crippen LogP contribution in [-0.2, 0) is 9.84 Å². The Hall–Kier alpha value is -1.97. The van der Waals surface area contributed by atoms with Crippen molar-refractivity contribution in [2.75, 3.05) is 62.7 Å². The Kier molecular flexibility index (Phi) is 9.84. The third-order valence-electron chi connectivity index (χ3n) is 17.2. The summed E-state index contributed by atoms with van der Waals surface area (Å²) in [7, 11) is -0.489. The molecule has 9 heteroatoms. The van der Waals surface area contributed by atoms with E-state index in [1.54, 1.807) is 12.3 Å². The fraction of sp³-hybridized carbons (Fsp3) is 0.814. The number of carboxylic acids is 1. The minimum atomic E-state index is -2.84. The van der Waals surface area contributed by atoms with Crippen LogP contribution in [-0.4, -0.2) is 97.6 Å². The van der Waals surface area contributed by atoms with Gasteiger partial charge in [0, 0.05) is 31.7 Å². The van der Waals surface area contributed by atoms with Crippen LogP contribution in [0.4, 0.5) is 5.69 Å². The summed E-state index contributed by atoms with van der Waals surface area (Å²) in [5, 5.41) is 9.45. The molecule has 8 nitrogen and oxygen atoms in total. The maximum Gasteiger partial charge on any atom is 0.354 e. The molecule has 1 N–H and O–H groups in total. The zero-order valence-corrected chi connectivity index (χ0v) is 34.2. The van der Waals surface area contributed by atoms with Gasteiger partial charge in [-0.25, -0.2) is 18.2 Å². The molecule has 4 aliphatic carbocycles. The van der Waals surface area contributed by atoms with Crippen molar-refractivity contribution in [1.29, 1.82) is 0 Å². The van der Waals surface area contributed by atoms with Crippen molar-refractivity contribution in [2.45, 2.75) is 111 Å². The first-order valence-corrected chi connectivity index (χ1v) is 22.4. The second-order valence-electron chi connectivity index (χ2n) is 19.9. The Morgan fingerprint density at radius 3 is 2.33 bits per heavy atom. The van der Waals surface area contributed by atoms with Gasteiger partial charge in [-0.2, -0.15) is 0 Å². The number of carboxylic acid groups (broad SMARTS) is 1. The molecule has 7 rings (SSSR count). The zero-order chi connectivity index (χ0) is 37.5. The van der Waals surface area contributed by atoms with Crippen LogP contribution in [0.25, 0.3) is 0 Å². The number of aromatic carboxylic acids is 1. The molecule has 4 saturated carbocycles. The number of rotatable bonds is 9. The molecule has 2 saturated heterocycles. The lowest BCUT2D eigenvalue weighted by atomic mass is 9.33.